The summed E-state index contributed by atoms with van der Waals surface area (Å²) in [6, 6.07) is 15.2. The Kier molecular flexibility index (Phi) is 8.02. The first-order valence-corrected chi connectivity index (χ1v) is 16.5. The van der Waals surface area contributed by atoms with E-state index in [0.29, 0.717) is 67.3 Å². The van der Waals surface area contributed by atoms with Crippen LogP contribution in [0.3, 0.4) is 0 Å². The van der Waals surface area contributed by atoms with E-state index >= 15 is 0 Å². The van der Waals surface area contributed by atoms with Crippen molar-refractivity contribution in [1.29, 1.82) is 5.26 Å². The third kappa shape index (κ3) is 6.67. The number of amides is 1. The van der Waals surface area contributed by atoms with E-state index in [1.807, 2.05) is 24.3 Å². The molecule has 0 spiro atoms. The summed E-state index contributed by atoms with van der Waals surface area (Å²) in [5.74, 6) is 0.0817. The minimum absolute atomic E-state index is 0.183. The number of nitrogens with zero attached hydrogens (tertiary/aromatic N) is 3. The Morgan fingerprint density at radius 2 is 1.68 bits per heavy atom. The summed E-state index contributed by atoms with van der Waals surface area (Å²) in [5, 5.41) is 12.5. The van der Waals surface area contributed by atoms with Crippen LogP contribution >= 0.6 is 10.6 Å². The van der Waals surface area contributed by atoms with Gasteiger partial charge >= 0.3 is 6.36 Å². The maximum atomic E-state index is 13.5. The topological polar surface area (TPSA) is 132 Å². The minimum Gasteiger partial charge on any atom is -0.440 e. The fraction of sp³-hybridized carbons (Fsp3) is 0.452. The summed E-state index contributed by atoms with van der Waals surface area (Å²) in [6.45, 7) is 1.05. The van der Waals surface area contributed by atoms with Crippen molar-refractivity contribution in [2.24, 2.45) is 5.92 Å². The van der Waals surface area contributed by atoms with E-state index in [1.165, 1.54) is 24.3 Å². The third-order valence-corrected chi connectivity index (χ3v) is 10.3. The number of hydrogen-bond donors (Lipinski definition) is 3. The van der Waals surface area contributed by atoms with Crippen LogP contribution in [0.4, 0.5) is 18.9 Å². The van der Waals surface area contributed by atoms with Crippen molar-refractivity contribution >= 4 is 22.2 Å². The van der Waals surface area contributed by atoms with Crippen molar-refractivity contribution in [3.8, 4) is 34.5 Å². The molecule has 3 N–H and O–H groups in total. The molecule has 3 aromatic rings. The predicted octanol–water partition coefficient (Wildman–Crippen LogP) is 6.92. The number of hydrogen-bond acceptors (Lipinski definition) is 8. The summed E-state index contributed by atoms with van der Waals surface area (Å²) in [5.41, 5.74) is 1.87. The fourth-order valence-electron chi connectivity index (χ4n) is 6.00. The van der Waals surface area contributed by atoms with Crippen LogP contribution in [0, 0.1) is 17.2 Å². The zero-order chi connectivity index (χ0) is 31.1. The second-order valence-corrected chi connectivity index (χ2v) is 14.1. The average Bonchev–Trinajstić information content (AvgIpc) is 3.63. The number of rotatable bonds is 7. The van der Waals surface area contributed by atoms with Gasteiger partial charge in [-0.1, -0.05) is 25.0 Å². The molecule has 2 saturated carbocycles. The minimum atomic E-state index is -4.81. The van der Waals surface area contributed by atoms with Gasteiger partial charge in [-0.15, -0.1) is 13.2 Å². The predicted molar refractivity (Wildman–Crippen MR) is 159 cm³/mol. The van der Waals surface area contributed by atoms with Crippen molar-refractivity contribution in [3.63, 3.8) is 0 Å². The lowest BCUT2D eigenvalue weighted by atomic mass is 9.76. The van der Waals surface area contributed by atoms with Gasteiger partial charge < -0.3 is 19.4 Å². The first kappa shape index (κ1) is 30.3. The van der Waals surface area contributed by atoms with Gasteiger partial charge in [0.05, 0.1) is 17.6 Å². The fourth-order valence-corrected chi connectivity index (χ4v) is 7.23. The molecule has 2 aliphatic carbocycles. The lowest BCUT2D eigenvalue weighted by Crippen LogP contribution is -2.42. The van der Waals surface area contributed by atoms with Crippen molar-refractivity contribution in [1.82, 2.24) is 10.3 Å². The molecule has 13 heteroatoms. The lowest BCUT2D eigenvalue weighted by molar-refractivity contribution is -0.274. The molecule has 0 unspecified atom stereocenters. The van der Waals surface area contributed by atoms with Gasteiger partial charge in [0.25, 0.3) is 0 Å². The molecule has 2 aromatic carbocycles. The maximum absolute atomic E-state index is 13.5. The van der Waals surface area contributed by atoms with Crippen molar-refractivity contribution in [2.75, 3.05) is 29.5 Å². The van der Waals surface area contributed by atoms with Gasteiger partial charge in [0.2, 0.25) is 11.8 Å². The first-order chi connectivity index (χ1) is 20.9. The van der Waals surface area contributed by atoms with Crippen molar-refractivity contribution in [3.05, 3.63) is 54.3 Å². The number of oxazole rings is 1. The van der Waals surface area contributed by atoms with Crippen LogP contribution in [0.2, 0.25) is 0 Å². The van der Waals surface area contributed by atoms with Crippen LogP contribution < -0.4 is 15.0 Å². The van der Waals surface area contributed by atoms with Crippen LogP contribution in [0.1, 0.15) is 50.2 Å². The first-order valence-electron chi connectivity index (χ1n) is 14.6. The highest BCUT2D eigenvalue weighted by Gasteiger charge is 2.47. The van der Waals surface area contributed by atoms with Gasteiger partial charge in [0.1, 0.15) is 22.7 Å². The van der Waals surface area contributed by atoms with Crippen LogP contribution in [0.25, 0.3) is 22.7 Å². The Bertz CT molecular complexity index is 1540. The van der Waals surface area contributed by atoms with Gasteiger partial charge in [-0.2, -0.15) is 15.9 Å². The number of carbonyl (C=O) groups excluding carboxylic acids is 1. The number of carbonyl (C=O) groups is 1. The molecule has 1 saturated heterocycles. The number of aromatic nitrogens is 1. The molecule has 234 valence electrons. The van der Waals surface area contributed by atoms with E-state index in [1.54, 1.807) is 0 Å². The molecule has 6 rings (SSSR count). The van der Waals surface area contributed by atoms with E-state index in [2.05, 4.69) is 21.0 Å². The number of halogens is 3. The summed E-state index contributed by atoms with van der Waals surface area (Å²) < 4.78 is 68.4. The van der Waals surface area contributed by atoms with E-state index in [9.17, 15) is 32.3 Å². The van der Waals surface area contributed by atoms with E-state index in [-0.39, 0.29) is 23.5 Å². The zero-order valence-electron chi connectivity index (χ0n) is 23.8. The number of nitriles is 1. The molecule has 3 aliphatic rings. The average molecular weight is 631 g/mol. The highest BCUT2D eigenvalue weighted by atomic mass is 32.3. The van der Waals surface area contributed by atoms with Crippen LogP contribution in [0.5, 0.6) is 5.75 Å². The molecule has 1 aliphatic heterocycles. The Morgan fingerprint density at radius 1 is 1.05 bits per heavy atom. The van der Waals surface area contributed by atoms with Gasteiger partial charge in [-0.25, -0.2) is 4.98 Å². The Morgan fingerprint density at radius 3 is 2.30 bits per heavy atom. The second-order valence-electron chi connectivity index (χ2n) is 11.7. The summed E-state index contributed by atoms with van der Waals surface area (Å²) in [6.07, 6.45) is -0.516. The summed E-state index contributed by atoms with van der Waals surface area (Å²) >= 11 is 0. The highest BCUT2D eigenvalue weighted by molar-refractivity contribution is 8.24. The number of nitrogens with one attached hydrogen (secondary N) is 1. The molecule has 1 amide bonds. The number of alkyl halides is 3. The Labute approximate surface area is 254 Å². The molecular formula is C31H33F3N4O5S. The number of anilines is 1. The molecule has 3 fully saturated rings. The largest absolute Gasteiger partial charge is 0.573 e. The molecule has 0 bridgehead atoms. The Balaban J connectivity index is 1.33. The molecule has 44 heavy (non-hydrogen) atoms. The number of ether oxygens (including phenoxy) is 1. The van der Waals surface area contributed by atoms with Crippen molar-refractivity contribution < 1.29 is 36.2 Å². The molecular weight excluding hydrogens is 597 g/mol. The quantitative estimate of drug-likeness (QED) is 0.256. The molecule has 1 aromatic heterocycles. The zero-order valence-corrected chi connectivity index (χ0v) is 24.7. The van der Waals surface area contributed by atoms with Gasteiger partial charge in [0, 0.05) is 41.7 Å². The molecule has 2 atom stereocenters. The van der Waals surface area contributed by atoms with Crippen LogP contribution in [-0.4, -0.2) is 56.5 Å². The van der Waals surface area contributed by atoms with E-state index in [4.69, 9.17) is 9.40 Å². The monoisotopic (exact) mass is 630 g/mol. The normalized spacial score (nSPS) is 23.3. The second kappa shape index (κ2) is 11.6. The standard InChI is InChI=1S/C31H33F3N4O5S/c32-31(33,34)43-23-11-7-21(8-12-23)29-36-26(20-5-9-22(10-6-20)38-15-17-44(40,41)18-16-38)27(42-29)24-3-1-2-4-25(24)28(39)37-30(19-35)13-14-30/h5-12,24-25,40-41H,1-4,13-18H2,(H,37,39)/t24-,25-/m1/s1. The van der Waals surface area contributed by atoms with E-state index < -0.39 is 28.4 Å². The Hall–Kier alpha value is -3.73. The van der Waals surface area contributed by atoms with Crippen molar-refractivity contribution in [2.45, 2.75) is 56.3 Å². The lowest BCUT2D eigenvalue weighted by Gasteiger charge is -2.41. The molecule has 9 nitrogen and oxygen atoms in total. The van der Waals surface area contributed by atoms with Gasteiger partial charge in [-0.3, -0.25) is 13.9 Å². The number of benzene rings is 2. The van der Waals surface area contributed by atoms with Gasteiger partial charge in [-0.05, 0) is 62.1 Å². The van der Waals surface area contributed by atoms with Gasteiger partial charge in [0.15, 0.2) is 0 Å². The van der Waals surface area contributed by atoms with Crippen LogP contribution in [-0.2, 0) is 4.79 Å². The van der Waals surface area contributed by atoms with Crippen LogP contribution in [0.15, 0.2) is 52.9 Å². The summed E-state index contributed by atoms with van der Waals surface area (Å²) in [7, 11) is -2.53. The maximum Gasteiger partial charge on any atom is 0.573 e. The molecule has 2 heterocycles. The third-order valence-electron chi connectivity index (χ3n) is 8.64. The summed E-state index contributed by atoms with van der Waals surface area (Å²) in [4.78, 5) is 20.4. The molecule has 0 radical (unpaired) electrons. The van der Waals surface area contributed by atoms with E-state index in [0.717, 1.165) is 24.1 Å². The smallest absolute Gasteiger partial charge is 0.440 e. The highest BCUT2D eigenvalue weighted by Crippen LogP contribution is 2.46. The SMILES string of the molecule is N#CC1(NC(=O)[C@@H]2CCCC[C@H]2c2oc(-c3ccc(OC(F)(F)F)cc3)nc2-c2ccc(N3CCS(O)(O)CC3)cc2)CC1.